The number of nitrogens with one attached hydrogen (secondary N) is 1. The fraction of sp³-hybridized carbons (Fsp3) is 0.0833. The van der Waals surface area contributed by atoms with Crippen molar-refractivity contribution in [3.8, 4) is 0 Å². The highest BCUT2D eigenvalue weighted by Gasteiger charge is 2.22. The van der Waals surface area contributed by atoms with E-state index in [0.717, 1.165) is 12.3 Å². The van der Waals surface area contributed by atoms with E-state index in [1.807, 2.05) is 0 Å². The van der Waals surface area contributed by atoms with Crippen molar-refractivity contribution >= 4 is 37.2 Å². The Bertz CT molecular complexity index is 795. The molecule has 1 aromatic carbocycles. The van der Waals surface area contributed by atoms with Crippen molar-refractivity contribution in [2.24, 2.45) is 0 Å². The van der Waals surface area contributed by atoms with E-state index in [1.54, 1.807) is 12.1 Å². The van der Waals surface area contributed by atoms with E-state index >= 15 is 0 Å². The second kappa shape index (κ2) is 5.78. The SMILES string of the molecule is O=C(CS(=O)(=O)c1ccc(Br)cc1)c1cc([N+](=O)[O-])c[nH]1. The summed E-state index contributed by atoms with van der Waals surface area (Å²) in [5.41, 5.74) is -0.401. The third kappa shape index (κ3) is 3.56. The molecule has 0 saturated heterocycles. The minimum atomic E-state index is -3.80. The summed E-state index contributed by atoms with van der Waals surface area (Å²) in [6.45, 7) is 0. The monoisotopic (exact) mass is 372 g/mol. The van der Waals surface area contributed by atoms with Crippen molar-refractivity contribution in [1.29, 1.82) is 0 Å². The highest BCUT2D eigenvalue weighted by atomic mass is 79.9. The number of carbonyl (C=O) groups excluding carboxylic acids is 1. The molecule has 0 bridgehead atoms. The summed E-state index contributed by atoms with van der Waals surface area (Å²) in [5, 5.41) is 10.5. The van der Waals surface area contributed by atoms with Gasteiger partial charge in [-0.2, -0.15) is 0 Å². The predicted molar refractivity (Wildman–Crippen MR) is 78.0 cm³/mol. The van der Waals surface area contributed by atoms with Crippen LogP contribution in [-0.4, -0.2) is 29.9 Å². The number of hydrogen-bond acceptors (Lipinski definition) is 5. The Hall–Kier alpha value is -2.00. The molecule has 1 heterocycles. The Morgan fingerprint density at radius 1 is 1.29 bits per heavy atom. The maximum Gasteiger partial charge on any atom is 0.287 e. The topological polar surface area (TPSA) is 110 Å². The molecule has 0 amide bonds. The number of sulfone groups is 1. The number of halogens is 1. The molecule has 0 atom stereocenters. The van der Waals surface area contributed by atoms with E-state index in [2.05, 4.69) is 20.9 Å². The third-order valence-electron chi connectivity index (χ3n) is 2.67. The lowest BCUT2D eigenvalue weighted by Gasteiger charge is -2.03. The Morgan fingerprint density at radius 2 is 1.90 bits per heavy atom. The second-order valence-electron chi connectivity index (χ2n) is 4.16. The van der Waals surface area contributed by atoms with Gasteiger partial charge in [0.25, 0.3) is 5.69 Å². The van der Waals surface area contributed by atoms with Crippen molar-refractivity contribution in [2.75, 3.05) is 5.75 Å². The van der Waals surface area contributed by atoms with Crippen molar-refractivity contribution < 1.29 is 18.1 Å². The summed E-state index contributed by atoms with van der Waals surface area (Å²) in [7, 11) is -3.80. The molecular weight excluding hydrogens is 364 g/mol. The van der Waals surface area contributed by atoms with E-state index in [-0.39, 0.29) is 16.3 Å². The highest BCUT2D eigenvalue weighted by molar-refractivity contribution is 9.10. The lowest BCUT2D eigenvalue weighted by molar-refractivity contribution is -0.384. The van der Waals surface area contributed by atoms with Gasteiger partial charge in [-0.05, 0) is 24.3 Å². The molecule has 0 aliphatic heterocycles. The number of ketones is 1. The minimum absolute atomic E-state index is 0.0140. The Labute approximate surface area is 128 Å². The van der Waals surface area contributed by atoms with Crippen LogP contribution in [0.1, 0.15) is 10.5 Å². The molecule has 0 saturated carbocycles. The third-order valence-corrected chi connectivity index (χ3v) is 4.83. The van der Waals surface area contributed by atoms with Crippen LogP contribution in [0.4, 0.5) is 5.69 Å². The molecule has 21 heavy (non-hydrogen) atoms. The summed E-state index contributed by atoms with van der Waals surface area (Å²) in [5.74, 6) is -1.49. The zero-order chi connectivity index (χ0) is 15.6. The van der Waals surface area contributed by atoms with Gasteiger partial charge in [0.15, 0.2) is 15.6 Å². The van der Waals surface area contributed by atoms with Crippen LogP contribution < -0.4 is 0 Å². The van der Waals surface area contributed by atoms with Gasteiger partial charge in [0.2, 0.25) is 0 Å². The lowest BCUT2D eigenvalue weighted by Crippen LogP contribution is -2.16. The molecule has 0 aliphatic carbocycles. The van der Waals surface area contributed by atoms with Gasteiger partial charge >= 0.3 is 0 Å². The van der Waals surface area contributed by atoms with Gasteiger partial charge in [-0.25, -0.2) is 8.42 Å². The first-order valence-corrected chi connectivity index (χ1v) is 8.08. The first-order valence-electron chi connectivity index (χ1n) is 5.64. The molecule has 0 radical (unpaired) electrons. The summed E-state index contributed by atoms with van der Waals surface area (Å²) < 4.78 is 24.9. The normalized spacial score (nSPS) is 11.3. The molecule has 0 unspecified atom stereocenters. The number of carbonyl (C=O) groups is 1. The number of hydrogen-bond donors (Lipinski definition) is 1. The summed E-state index contributed by atoms with van der Waals surface area (Å²) in [4.78, 5) is 24.2. The lowest BCUT2D eigenvalue weighted by atomic mass is 10.3. The summed E-state index contributed by atoms with van der Waals surface area (Å²) >= 11 is 3.19. The zero-order valence-electron chi connectivity index (χ0n) is 10.4. The van der Waals surface area contributed by atoms with Crippen molar-refractivity contribution in [2.45, 2.75) is 4.90 Å². The number of Topliss-reactive ketones (excluding diaryl/α,β-unsaturated/α-hetero) is 1. The Morgan fingerprint density at radius 3 is 2.43 bits per heavy atom. The zero-order valence-corrected chi connectivity index (χ0v) is 12.8. The van der Waals surface area contributed by atoms with Gasteiger partial charge in [-0.3, -0.25) is 14.9 Å². The predicted octanol–water partition coefficient (Wildman–Crippen LogP) is 2.34. The number of H-pyrrole nitrogens is 1. The smallest absolute Gasteiger partial charge is 0.287 e. The first-order chi connectivity index (χ1) is 9.79. The van der Waals surface area contributed by atoms with Crippen LogP contribution in [0, 0.1) is 10.1 Å². The molecule has 110 valence electrons. The van der Waals surface area contributed by atoms with Crippen LogP contribution in [0.25, 0.3) is 0 Å². The van der Waals surface area contributed by atoms with E-state index in [9.17, 15) is 23.3 Å². The van der Waals surface area contributed by atoms with Gasteiger partial charge in [0, 0.05) is 10.5 Å². The fourth-order valence-electron chi connectivity index (χ4n) is 1.62. The number of nitrogens with zero attached hydrogens (tertiary/aromatic N) is 1. The molecule has 1 aromatic heterocycles. The Kier molecular flexibility index (Phi) is 4.24. The Balaban J connectivity index is 2.21. The standard InChI is InChI=1S/C12H9BrN2O5S/c13-8-1-3-10(4-2-8)21(19,20)7-12(16)11-5-9(6-14-11)15(17)18/h1-6,14H,7H2. The van der Waals surface area contributed by atoms with Crippen LogP contribution in [0.2, 0.25) is 0 Å². The average Bonchev–Trinajstić information content (AvgIpc) is 2.88. The first kappa shape index (κ1) is 15.4. The molecular formula is C12H9BrN2O5S. The summed E-state index contributed by atoms with van der Waals surface area (Å²) in [6, 6.07) is 6.88. The maximum absolute atomic E-state index is 12.1. The van der Waals surface area contributed by atoms with Gasteiger partial charge in [0.1, 0.15) is 5.75 Å². The molecule has 7 nitrogen and oxygen atoms in total. The van der Waals surface area contributed by atoms with Gasteiger partial charge in [-0.15, -0.1) is 0 Å². The number of aromatic nitrogens is 1. The van der Waals surface area contributed by atoms with Gasteiger partial charge < -0.3 is 4.98 Å². The highest BCUT2D eigenvalue weighted by Crippen LogP contribution is 2.18. The van der Waals surface area contributed by atoms with E-state index in [0.29, 0.717) is 4.47 Å². The maximum atomic E-state index is 12.1. The number of benzene rings is 1. The second-order valence-corrected chi connectivity index (χ2v) is 7.07. The van der Waals surface area contributed by atoms with Crippen LogP contribution in [0.3, 0.4) is 0 Å². The van der Waals surface area contributed by atoms with E-state index in [4.69, 9.17) is 0 Å². The molecule has 2 rings (SSSR count). The van der Waals surface area contributed by atoms with Crippen molar-refractivity contribution in [1.82, 2.24) is 4.98 Å². The van der Waals surface area contributed by atoms with Crippen LogP contribution in [-0.2, 0) is 9.84 Å². The van der Waals surface area contributed by atoms with Crippen LogP contribution in [0.15, 0.2) is 45.9 Å². The van der Waals surface area contributed by atoms with Gasteiger partial charge in [0.05, 0.1) is 21.7 Å². The number of aromatic amines is 1. The fourth-order valence-corrected chi connectivity index (χ4v) is 3.11. The number of nitro groups is 1. The molecule has 1 N–H and O–H groups in total. The number of rotatable bonds is 5. The minimum Gasteiger partial charge on any atom is -0.353 e. The van der Waals surface area contributed by atoms with Crippen LogP contribution in [0.5, 0.6) is 0 Å². The molecule has 9 heteroatoms. The van der Waals surface area contributed by atoms with Crippen LogP contribution >= 0.6 is 15.9 Å². The average molecular weight is 373 g/mol. The summed E-state index contributed by atoms with van der Waals surface area (Å²) in [6.07, 6.45) is 1.04. The molecule has 0 spiro atoms. The largest absolute Gasteiger partial charge is 0.353 e. The quantitative estimate of drug-likeness (QED) is 0.491. The van der Waals surface area contributed by atoms with Gasteiger partial charge in [-0.1, -0.05) is 15.9 Å². The molecule has 0 fully saturated rings. The van der Waals surface area contributed by atoms with Crippen molar-refractivity contribution in [3.63, 3.8) is 0 Å². The van der Waals surface area contributed by atoms with E-state index < -0.39 is 26.3 Å². The molecule has 2 aromatic rings. The molecule has 0 aliphatic rings. The van der Waals surface area contributed by atoms with Crippen molar-refractivity contribution in [3.05, 3.63) is 56.8 Å². The van der Waals surface area contributed by atoms with E-state index in [1.165, 1.54) is 12.1 Å².